The van der Waals surface area contributed by atoms with Gasteiger partial charge < -0.3 is 5.73 Å². The molecule has 1 fully saturated rings. The van der Waals surface area contributed by atoms with Gasteiger partial charge in [-0.25, -0.2) is 4.39 Å². The van der Waals surface area contributed by atoms with Gasteiger partial charge >= 0.3 is 0 Å². The fourth-order valence-corrected chi connectivity index (χ4v) is 0.455. The summed E-state index contributed by atoms with van der Waals surface area (Å²) in [5.41, 5.74) is 5.08. The molecule has 0 aliphatic heterocycles. The molecule has 0 bridgehead atoms. The van der Waals surface area contributed by atoms with Crippen LogP contribution in [0.3, 0.4) is 0 Å². The summed E-state index contributed by atoms with van der Waals surface area (Å²) in [5, 5.41) is 0. The summed E-state index contributed by atoms with van der Waals surface area (Å²) in [6.45, 7) is 0.529. The van der Waals surface area contributed by atoms with Crippen LogP contribution in [-0.4, -0.2) is 12.7 Å². The van der Waals surface area contributed by atoms with Crippen LogP contribution in [0.4, 0.5) is 4.39 Å². The number of nitrogens with two attached hydrogens (primary N) is 1. The molecule has 0 aromatic rings. The Morgan fingerprint density at radius 2 is 2.33 bits per heavy atom. The van der Waals surface area contributed by atoms with Crippen molar-refractivity contribution in [2.24, 2.45) is 11.7 Å². The molecule has 36 valence electrons. The van der Waals surface area contributed by atoms with Crippen LogP contribution in [0.15, 0.2) is 0 Å². The van der Waals surface area contributed by atoms with Gasteiger partial charge in [0.15, 0.2) is 0 Å². The molecule has 1 aliphatic carbocycles. The SMILES string of the molecule is NC[C@H]1C[C@H]1F. The number of rotatable bonds is 1. The molecule has 0 unspecified atom stereocenters. The van der Waals surface area contributed by atoms with Gasteiger partial charge in [0.05, 0.1) is 0 Å². The Kier molecular flexibility index (Phi) is 0.804. The molecule has 6 heavy (non-hydrogen) atoms. The zero-order valence-electron chi connectivity index (χ0n) is 3.52. The first-order valence-corrected chi connectivity index (χ1v) is 2.18. The van der Waals surface area contributed by atoms with Crippen molar-refractivity contribution in [3.05, 3.63) is 0 Å². The molecule has 2 N–H and O–H groups in total. The van der Waals surface area contributed by atoms with Gasteiger partial charge in [0.25, 0.3) is 0 Å². The minimum absolute atomic E-state index is 0.213. The van der Waals surface area contributed by atoms with E-state index in [0.717, 1.165) is 0 Å². The van der Waals surface area contributed by atoms with Crippen LogP contribution in [0, 0.1) is 5.92 Å². The molecular weight excluding hydrogens is 81.0 g/mol. The average molecular weight is 89.1 g/mol. The van der Waals surface area contributed by atoms with E-state index < -0.39 is 6.17 Å². The number of hydrogen-bond donors (Lipinski definition) is 1. The first kappa shape index (κ1) is 4.06. The maximum atomic E-state index is 11.7. The normalized spacial score (nSPS) is 43.0. The van der Waals surface area contributed by atoms with Crippen LogP contribution in [0.1, 0.15) is 6.42 Å². The molecule has 0 spiro atoms. The van der Waals surface area contributed by atoms with Crippen LogP contribution in [-0.2, 0) is 0 Å². The molecule has 0 aromatic carbocycles. The lowest BCUT2D eigenvalue weighted by atomic mass is 10.4. The van der Waals surface area contributed by atoms with E-state index in [0.29, 0.717) is 13.0 Å². The van der Waals surface area contributed by atoms with E-state index in [4.69, 9.17) is 5.73 Å². The molecule has 0 amide bonds. The fourth-order valence-electron chi connectivity index (χ4n) is 0.455. The summed E-state index contributed by atoms with van der Waals surface area (Å²) in [4.78, 5) is 0. The van der Waals surface area contributed by atoms with Gasteiger partial charge in [-0.15, -0.1) is 0 Å². The third kappa shape index (κ3) is 0.522. The maximum absolute atomic E-state index is 11.7. The highest BCUT2D eigenvalue weighted by Crippen LogP contribution is 2.31. The van der Waals surface area contributed by atoms with Crippen molar-refractivity contribution in [3.8, 4) is 0 Å². The lowest BCUT2D eigenvalue weighted by molar-refractivity contribution is 0.448. The second kappa shape index (κ2) is 1.19. The van der Waals surface area contributed by atoms with Crippen LogP contribution in [0.5, 0.6) is 0 Å². The van der Waals surface area contributed by atoms with Crippen LogP contribution >= 0.6 is 0 Å². The smallest absolute Gasteiger partial charge is 0.105 e. The van der Waals surface area contributed by atoms with Gasteiger partial charge in [0.2, 0.25) is 0 Å². The zero-order valence-corrected chi connectivity index (χ0v) is 3.52. The van der Waals surface area contributed by atoms with Gasteiger partial charge in [-0.1, -0.05) is 0 Å². The molecule has 2 heteroatoms. The summed E-state index contributed by atoms with van der Waals surface area (Å²) >= 11 is 0. The van der Waals surface area contributed by atoms with Crippen molar-refractivity contribution in [1.29, 1.82) is 0 Å². The zero-order chi connectivity index (χ0) is 4.57. The quantitative estimate of drug-likeness (QED) is 0.491. The third-order valence-corrected chi connectivity index (χ3v) is 1.14. The van der Waals surface area contributed by atoms with E-state index in [-0.39, 0.29) is 5.92 Å². The topological polar surface area (TPSA) is 26.0 Å². The lowest BCUT2D eigenvalue weighted by Crippen LogP contribution is -2.01. The van der Waals surface area contributed by atoms with Gasteiger partial charge in [0, 0.05) is 5.92 Å². The van der Waals surface area contributed by atoms with Crippen LogP contribution in [0.25, 0.3) is 0 Å². The Balaban J connectivity index is 2.09. The van der Waals surface area contributed by atoms with Crippen molar-refractivity contribution in [3.63, 3.8) is 0 Å². The molecular formula is C4H8FN. The van der Waals surface area contributed by atoms with Crippen LogP contribution < -0.4 is 5.73 Å². The predicted octanol–water partition coefficient (Wildman–Crippen LogP) is 0.303. The predicted molar refractivity (Wildman–Crippen MR) is 22.1 cm³/mol. The summed E-state index contributed by atoms with van der Waals surface area (Å²) < 4.78 is 11.7. The van der Waals surface area contributed by atoms with E-state index in [1.54, 1.807) is 0 Å². The largest absolute Gasteiger partial charge is 0.330 e. The van der Waals surface area contributed by atoms with Crippen molar-refractivity contribution in [2.75, 3.05) is 6.54 Å². The van der Waals surface area contributed by atoms with E-state index in [1.807, 2.05) is 0 Å². The first-order chi connectivity index (χ1) is 2.84. The Morgan fingerprint density at radius 3 is 2.33 bits per heavy atom. The second-order valence-electron chi connectivity index (χ2n) is 1.75. The highest BCUT2D eigenvalue weighted by Gasteiger charge is 2.35. The summed E-state index contributed by atoms with van der Waals surface area (Å²) in [6.07, 6.45) is 0.145. The second-order valence-corrected chi connectivity index (χ2v) is 1.75. The Morgan fingerprint density at radius 1 is 1.83 bits per heavy atom. The Bertz CT molecular complexity index is 53.5. The standard InChI is InChI=1S/C4H8FN/c5-4-1-3(4)2-6/h3-4H,1-2,6H2/t3-,4-/m1/s1. The van der Waals surface area contributed by atoms with Crippen LogP contribution in [0.2, 0.25) is 0 Å². The van der Waals surface area contributed by atoms with Gasteiger partial charge in [-0.05, 0) is 13.0 Å². The van der Waals surface area contributed by atoms with Gasteiger partial charge in [0.1, 0.15) is 6.17 Å². The fraction of sp³-hybridized carbons (Fsp3) is 1.00. The lowest BCUT2D eigenvalue weighted by Gasteiger charge is -1.77. The number of hydrogen-bond acceptors (Lipinski definition) is 1. The molecule has 1 nitrogen and oxygen atoms in total. The molecule has 2 atom stereocenters. The minimum atomic E-state index is -0.560. The number of halogens is 1. The number of alkyl halides is 1. The molecule has 0 radical (unpaired) electrons. The molecule has 1 saturated carbocycles. The summed E-state index contributed by atoms with van der Waals surface area (Å²) in [6, 6.07) is 0. The Hall–Kier alpha value is -0.110. The molecule has 0 aromatic heterocycles. The van der Waals surface area contributed by atoms with Gasteiger partial charge in [-0.2, -0.15) is 0 Å². The van der Waals surface area contributed by atoms with Crippen molar-refractivity contribution >= 4 is 0 Å². The van der Waals surface area contributed by atoms with E-state index in [2.05, 4.69) is 0 Å². The van der Waals surface area contributed by atoms with Crippen molar-refractivity contribution in [2.45, 2.75) is 12.6 Å². The summed E-state index contributed by atoms with van der Waals surface area (Å²) in [5.74, 6) is 0.213. The van der Waals surface area contributed by atoms with Crippen molar-refractivity contribution in [1.82, 2.24) is 0 Å². The molecule has 1 rings (SSSR count). The highest BCUT2D eigenvalue weighted by atomic mass is 19.1. The van der Waals surface area contributed by atoms with Crippen molar-refractivity contribution < 1.29 is 4.39 Å². The molecule has 0 heterocycles. The molecule has 1 aliphatic rings. The monoisotopic (exact) mass is 89.1 g/mol. The highest BCUT2D eigenvalue weighted by molar-refractivity contribution is 4.86. The third-order valence-electron chi connectivity index (χ3n) is 1.14. The van der Waals surface area contributed by atoms with E-state index >= 15 is 0 Å². The maximum Gasteiger partial charge on any atom is 0.105 e. The Labute approximate surface area is 36.3 Å². The minimum Gasteiger partial charge on any atom is -0.330 e. The summed E-state index contributed by atoms with van der Waals surface area (Å²) in [7, 11) is 0. The van der Waals surface area contributed by atoms with Gasteiger partial charge in [-0.3, -0.25) is 0 Å². The first-order valence-electron chi connectivity index (χ1n) is 2.18. The van der Waals surface area contributed by atoms with E-state index in [1.165, 1.54) is 0 Å². The molecule has 0 saturated heterocycles. The average Bonchev–Trinajstić information content (AvgIpc) is 2.19. The van der Waals surface area contributed by atoms with E-state index in [9.17, 15) is 4.39 Å².